The first-order chi connectivity index (χ1) is 10.2. The second kappa shape index (κ2) is 6.10. The van der Waals surface area contributed by atoms with Crippen molar-refractivity contribution in [3.63, 3.8) is 0 Å². The number of nitrogens with one attached hydrogen (secondary N) is 1. The van der Waals surface area contributed by atoms with Crippen LogP contribution in [0.4, 0.5) is 0 Å². The van der Waals surface area contributed by atoms with Crippen molar-refractivity contribution in [3.05, 3.63) is 69.8 Å². The molecule has 0 aliphatic carbocycles. The molecule has 0 saturated carbocycles. The van der Waals surface area contributed by atoms with Crippen LogP contribution in [-0.4, -0.2) is 11.6 Å². The Morgan fingerprint density at radius 3 is 2.67 bits per heavy atom. The van der Waals surface area contributed by atoms with Gasteiger partial charge >= 0.3 is 0 Å². The maximum atomic E-state index is 6.09. The van der Waals surface area contributed by atoms with E-state index >= 15 is 0 Å². The summed E-state index contributed by atoms with van der Waals surface area (Å²) < 4.78 is 2.23. The van der Waals surface area contributed by atoms with Crippen LogP contribution < -0.4 is 5.32 Å². The van der Waals surface area contributed by atoms with Gasteiger partial charge in [-0.3, -0.25) is 0 Å². The number of rotatable bonds is 4. The Kier molecular flexibility index (Phi) is 4.20. The SMILES string of the molecule is CNCc1cccc2c1ccn2Cc1ccc(Cl)c(Cl)c1. The largest absolute Gasteiger partial charge is 0.343 e. The minimum atomic E-state index is 0.592. The van der Waals surface area contributed by atoms with Crippen molar-refractivity contribution in [1.29, 1.82) is 0 Å². The molecule has 2 nitrogen and oxygen atoms in total. The lowest BCUT2D eigenvalue weighted by atomic mass is 10.1. The maximum absolute atomic E-state index is 6.09. The van der Waals surface area contributed by atoms with E-state index in [2.05, 4.69) is 40.3 Å². The Morgan fingerprint density at radius 1 is 1.05 bits per heavy atom. The predicted molar refractivity (Wildman–Crippen MR) is 90.3 cm³/mol. The molecule has 0 radical (unpaired) electrons. The van der Waals surface area contributed by atoms with E-state index < -0.39 is 0 Å². The molecule has 1 aromatic heterocycles. The molecule has 0 spiro atoms. The van der Waals surface area contributed by atoms with E-state index in [0.29, 0.717) is 10.0 Å². The van der Waals surface area contributed by atoms with Gasteiger partial charge in [0.15, 0.2) is 0 Å². The summed E-state index contributed by atoms with van der Waals surface area (Å²) in [5.74, 6) is 0. The van der Waals surface area contributed by atoms with E-state index in [9.17, 15) is 0 Å². The molecule has 108 valence electrons. The summed E-state index contributed by atoms with van der Waals surface area (Å²) >= 11 is 12.1. The van der Waals surface area contributed by atoms with Gasteiger partial charge in [0, 0.05) is 30.2 Å². The van der Waals surface area contributed by atoms with Gasteiger partial charge in [-0.15, -0.1) is 0 Å². The third-order valence-corrected chi connectivity index (χ3v) is 4.35. The Balaban J connectivity index is 1.97. The molecular weight excluding hydrogens is 303 g/mol. The summed E-state index contributed by atoms with van der Waals surface area (Å²) in [4.78, 5) is 0. The topological polar surface area (TPSA) is 17.0 Å². The van der Waals surface area contributed by atoms with Crippen LogP contribution in [-0.2, 0) is 13.1 Å². The maximum Gasteiger partial charge on any atom is 0.0595 e. The number of hydrogen-bond acceptors (Lipinski definition) is 1. The fourth-order valence-corrected chi connectivity index (χ4v) is 2.93. The second-order valence-electron chi connectivity index (χ2n) is 5.07. The molecule has 3 rings (SSSR count). The zero-order chi connectivity index (χ0) is 14.8. The van der Waals surface area contributed by atoms with E-state index in [4.69, 9.17) is 23.2 Å². The molecule has 0 aliphatic rings. The quantitative estimate of drug-likeness (QED) is 0.736. The van der Waals surface area contributed by atoms with Gasteiger partial charge in [-0.2, -0.15) is 0 Å². The van der Waals surface area contributed by atoms with Crippen molar-refractivity contribution in [2.75, 3.05) is 7.05 Å². The third kappa shape index (κ3) is 2.93. The van der Waals surface area contributed by atoms with Crippen LogP contribution in [0.3, 0.4) is 0 Å². The third-order valence-electron chi connectivity index (χ3n) is 3.61. The Hall–Kier alpha value is -1.48. The van der Waals surface area contributed by atoms with Crippen LogP contribution in [0.25, 0.3) is 10.9 Å². The molecule has 1 heterocycles. The van der Waals surface area contributed by atoms with Crippen molar-refractivity contribution in [2.24, 2.45) is 0 Å². The fraction of sp³-hybridized carbons (Fsp3) is 0.176. The van der Waals surface area contributed by atoms with E-state index in [0.717, 1.165) is 18.7 Å². The smallest absolute Gasteiger partial charge is 0.0595 e. The van der Waals surface area contributed by atoms with Crippen molar-refractivity contribution in [2.45, 2.75) is 13.1 Å². The number of hydrogen-bond donors (Lipinski definition) is 1. The van der Waals surface area contributed by atoms with Gasteiger partial charge in [0.1, 0.15) is 0 Å². The molecule has 0 unspecified atom stereocenters. The highest BCUT2D eigenvalue weighted by molar-refractivity contribution is 6.42. The summed E-state index contributed by atoms with van der Waals surface area (Å²) in [5, 5.41) is 5.68. The molecule has 0 atom stereocenters. The van der Waals surface area contributed by atoms with Gasteiger partial charge in [-0.25, -0.2) is 0 Å². The molecular formula is C17H16Cl2N2. The summed E-state index contributed by atoms with van der Waals surface area (Å²) in [6.45, 7) is 1.65. The minimum absolute atomic E-state index is 0.592. The fourth-order valence-electron chi connectivity index (χ4n) is 2.60. The van der Waals surface area contributed by atoms with Crippen molar-refractivity contribution in [1.82, 2.24) is 9.88 Å². The first-order valence-electron chi connectivity index (χ1n) is 6.84. The van der Waals surface area contributed by atoms with Gasteiger partial charge in [0.05, 0.1) is 10.0 Å². The molecule has 0 bridgehead atoms. The second-order valence-corrected chi connectivity index (χ2v) is 5.89. The van der Waals surface area contributed by atoms with Gasteiger partial charge in [-0.05, 0) is 42.4 Å². The zero-order valence-corrected chi connectivity index (χ0v) is 13.2. The Labute approximate surface area is 134 Å². The normalized spacial score (nSPS) is 11.2. The first kappa shape index (κ1) is 14.5. The molecule has 1 N–H and O–H groups in total. The average Bonchev–Trinajstić information content (AvgIpc) is 2.88. The van der Waals surface area contributed by atoms with Crippen LogP contribution in [0.2, 0.25) is 10.0 Å². The number of halogens is 2. The molecule has 0 saturated heterocycles. The van der Waals surface area contributed by atoms with Crippen LogP contribution in [0.5, 0.6) is 0 Å². The molecule has 21 heavy (non-hydrogen) atoms. The highest BCUT2D eigenvalue weighted by atomic mass is 35.5. The molecule has 2 aromatic carbocycles. The molecule has 0 aliphatic heterocycles. The number of nitrogens with zero attached hydrogens (tertiary/aromatic N) is 1. The summed E-state index contributed by atoms with van der Waals surface area (Å²) in [5.41, 5.74) is 3.68. The Morgan fingerprint density at radius 2 is 1.90 bits per heavy atom. The molecule has 0 amide bonds. The van der Waals surface area contributed by atoms with E-state index in [-0.39, 0.29) is 0 Å². The minimum Gasteiger partial charge on any atom is -0.343 e. The number of benzene rings is 2. The summed E-state index contributed by atoms with van der Waals surface area (Å²) in [6.07, 6.45) is 2.12. The lowest BCUT2D eigenvalue weighted by Crippen LogP contribution is -2.05. The van der Waals surface area contributed by atoms with Crippen molar-refractivity contribution in [3.8, 4) is 0 Å². The zero-order valence-electron chi connectivity index (χ0n) is 11.7. The monoisotopic (exact) mass is 318 g/mol. The highest BCUT2D eigenvalue weighted by Gasteiger charge is 2.06. The van der Waals surface area contributed by atoms with Crippen LogP contribution in [0.1, 0.15) is 11.1 Å². The van der Waals surface area contributed by atoms with Crippen LogP contribution in [0, 0.1) is 0 Å². The van der Waals surface area contributed by atoms with E-state index in [1.807, 2.05) is 25.2 Å². The molecule has 3 aromatic rings. The lowest BCUT2D eigenvalue weighted by Gasteiger charge is -2.08. The van der Waals surface area contributed by atoms with Gasteiger partial charge in [0.25, 0.3) is 0 Å². The number of fused-ring (bicyclic) bond motifs is 1. The predicted octanol–water partition coefficient (Wildman–Crippen LogP) is 4.72. The van der Waals surface area contributed by atoms with Gasteiger partial charge in [-0.1, -0.05) is 41.4 Å². The Bertz CT molecular complexity index is 778. The van der Waals surface area contributed by atoms with Crippen molar-refractivity contribution >= 4 is 34.1 Å². The highest BCUT2D eigenvalue weighted by Crippen LogP contribution is 2.25. The van der Waals surface area contributed by atoms with Crippen LogP contribution >= 0.6 is 23.2 Å². The lowest BCUT2D eigenvalue weighted by molar-refractivity contribution is 0.821. The standard InChI is InChI=1S/C17H16Cl2N2/c1-20-10-13-3-2-4-17-14(13)7-8-21(17)11-12-5-6-15(18)16(19)9-12/h2-9,20H,10-11H2,1H3. The number of aromatic nitrogens is 1. The van der Waals surface area contributed by atoms with Gasteiger partial charge in [0.2, 0.25) is 0 Å². The summed E-state index contributed by atoms with van der Waals surface area (Å²) in [7, 11) is 1.96. The molecule has 4 heteroatoms. The molecule has 0 fully saturated rings. The van der Waals surface area contributed by atoms with Crippen LogP contribution in [0.15, 0.2) is 48.7 Å². The summed E-state index contributed by atoms with van der Waals surface area (Å²) in [6, 6.07) is 14.3. The van der Waals surface area contributed by atoms with E-state index in [1.54, 1.807) is 0 Å². The first-order valence-corrected chi connectivity index (χ1v) is 7.60. The van der Waals surface area contributed by atoms with Crippen molar-refractivity contribution < 1.29 is 0 Å². The van der Waals surface area contributed by atoms with E-state index in [1.165, 1.54) is 16.5 Å². The average molecular weight is 319 g/mol. The van der Waals surface area contributed by atoms with Gasteiger partial charge < -0.3 is 9.88 Å².